The van der Waals surface area contributed by atoms with E-state index in [9.17, 15) is 0 Å². The Morgan fingerprint density at radius 2 is 1.94 bits per heavy atom. The van der Waals surface area contributed by atoms with Gasteiger partial charge in [0.05, 0.1) is 16.1 Å². The van der Waals surface area contributed by atoms with Crippen molar-refractivity contribution >= 4 is 11.3 Å². The predicted molar refractivity (Wildman–Crippen MR) is 70.9 cm³/mol. The van der Waals surface area contributed by atoms with E-state index < -0.39 is 0 Å². The van der Waals surface area contributed by atoms with Crippen LogP contribution in [0.3, 0.4) is 0 Å². The van der Waals surface area contributed by atoms with Crippen molar-refractivity contribution in [3.05, 3.63) is 41.0 Å². The molecule has 0 spiro atoms. The minimum absolute atomic E-state index is 1.13. The third-order valence-electron chi connectivity index (χ3n) is 2.78. The van der Waals surface area contributed by atoms with E-state index in [1.54, 1.807) is 11.3 Å². The minimum Gasteiger partial charge on any atom is -0.249 e. The fourth-order valence-corrected chi connectivity index (χ4v) is 2.59. The molecule has 1 nitrogen and oxygen atoms in total. The Balaban J connectivity index is 2.16. The molecule has 1 aromatic heterocycles. The Bertz CT molecular complexity index is 442. The van der Waals surface area contributed by atoms with Crippen LogP contribution in [0.1, 0.15) is 31.0 Å². The second-order valence-electron chi connectivity index (χ2n) is 4.07. The number of nitrogens with zero attached hydrogens (tertiary/aromatic N) is 1. The van der Waals surface area contributed by atoms with Crippen LogP contribution in [0.2, 0.25) is 0 Å². The Labute approximate surface area is 101 Å². The number of hydrogen-bond acceptors (Lipinski definition) is 2. The van der Waals surface area contributed by atoms with E-state index in [0.717, 1.165) is 5.69 Å². The first-order valence-electron chi connectivity index (χ1n) is 5.80. The first-order chi connectivity index (χ1) is 7.81. The molecule has 16 heavy (non-hydrogen) atoms. The highest BCUT2D eigenvalue weighted by Gasteiger charge is 2.03. The lowest BCUT2D eigenvalue weighted by molar-refractivity contribution is 0.795. The zero-order chi connectivity index (χ0) is 11.4. The summed E-state index contributed by atoms with van der Waals surface area (Å²) < 4.78 is 0. The smallest absolute Gasteiger partial charge is 0.0801 e. The summed E-state index contributed by atoms with van der Waals surface area (Å²) in [6.45, 7) is 4.30. The minimum atomic E-state index is 1.13. The fraction of sp³-hybridized carbons (Fsp3) is 0.357. The van der Waals surface area contributed by atoms with E-state index in [0.29, 0.717) is 0 Å². The van der Waals surface area contributed by atoms with Gasteiger partial charge in [-0.1, -0.05) is 37.6 Å². The molecule has 0 aliphatic heterocycles. The maximum Gasteiger partial charge on any atom is 0.0801 e. The molecule has 0 unspecified atom stereocenters. The molecule has 1 heterocycles. The lowest BCUT2D eigenvalue weighted by atomic mass is 10.1. The van der Waals surface area contributed by atoms with E-state index in [-0.39, 0.29) is 0 Å². The van der Waals surface area contributed by atoms with Crippen molar-refractivity contribution < 1.29 is 0 Å². The van der Waals surface area contributed by atoms with Gasteiger partial charge in [-0.15, -0.1) is 11.3 Å². The van der Waals surface area contributed by atoms with Crippen LogP contribution in [0.15, 0.2) is 29.8 Å². The fourth-order valence-electron chi connectivity index (χ4n) is 1.78. The second-order valence-corrected chi connectivity index (χ2v) is 4.92. The Hall–Kier alpha value is -1.15. The molecule has 0 fully saturated rings. The zero-order valence-corrected chi connectivity index (χ0v) is 10.7. The van der Waals surface area contributed by atoms with Crippen LogP contribution in [0.5, 0.6) is 0 Å². The van der Waals surface area contributed by atoms with Gasteiger partial charge in [0, 0.05) is 0 Å². The normalized spacial score (nSPS) is 10.6. The van der Waals surface area contributed by atoms with E-state index in [2.05, 4.69) is 43.1 Å². The molecule has 1 aromatic carbocycles. The summed E-state index contributed by atoms with van der Waals surface area (Å²) in [6, 6.07) is 8.91. The van der Waals surface area contributed by atoms with E-state index in [1.165, 1.54) is 35.3 Å². The van der Waals surface area contributed by atoms with E-state index in [1.807, 2.05) is 5.51 Å². The number of aromatic nitrogens is 1. The molecule has 0 saturated heterocycles. The molecular formula is C14H17NS. The van der Waals surface area contributed by atoms with Gasteiger partial charge in [-0.3, -0.25) is 0 Å². The SMILES string of the molecule is CCCCc1ccc(-c2scnc2C)cc1. The average molecular weight is 231 g/mol. The van der Waals surface area contributed by atoms with Crippen molar-refractivity contribution in [3.63, 3.8) is 0 Å². The molecule has 2 rings (SSSR count). The standard InChI is InChI=1S/C14H17NS/c1-3-4-5-12-6-8-13(9-7-12)14-11(2)15-10-16-14/h6-10H,3-5H2,1-2H3. The Morgan fingerprint density at radius 1 is 1.19 bits per heavy atom. The molecular weight excluding hydrogens is 214 g/mol. The van der Waals surface area contributed by atoms with Crippen molar-refractivity contribution in [1.29, 1.82) is 0 Å². The number of hydrogen-bond donors (Lipinski definition) is 0. The van der Waals surface area contributed by atoms with Gasteiger partial charge in [0.1, 0.15) is 0 Å². The molecule has 0 amide bonds. The topological polar surface area (TPSA) is 12.9 Å². The number of thiazole rings is 1. The van der Waals surface area contributed by atoms with Crippen LogP contribution in [-0.4, -0.2) is 4.98 Å². The molecule has 84 valence electrons. The van der Waals surface area contributed by atoms with Crippen molar-refractivity contribution in [3.8, 4) is 10.4 Å². The lowest BCUT2D eigenvalue weighted by Gasteiger charge is -2.02. The van der Waals surface area contributed by atoms with Crippen LogP contribution in [0, 0.1) is 6.92 Å². The van der Waals surface area contributed by atoms with Gasteiger partial charge < -0.3 is 0 Å². The van der Waals surface area contributed by atoms with Gasteiger partial charge in [0.2, 0.25) is 0 Å². The van der Waals surface area contributed by atoms with Crippen LogP contribution in [0.4, 0.5) is 0 Å². The third-order valence-corrected chi connectivity index (χ3v) is 3.76. The predicted octanol–water partition coefficient (Wildman–Crippen LogP) is 4.46. The number of benzene rings is 1. The summed E-state index contributed by atoms with van der Waals surface area (Å²) in [6.07, 6.45) is 3.73. The molecule has 0 atom stereocenters. The molecule has 0 bridgehead atoms. The van der Waals surface area contributed by atoms with E-state index in [4.69, 9.17) is 0 Å². The molecule has 0 saturated carbocycles. The van der Waals surface area contributed by atoms with Crippen LogP contribution >= 0.6 is 11.3 Å². The number of aryl methyl sites for hydroxylation is 2. The van der Waals surface area contributed by atoms with Crippen LogP contribution in [-0.2, 0) is 6.42 Å². The van der Waals surface area contributed by atoms with Crippen molar-refractivity contribution in [2.45, 2.75) is 33.1 Å². The zero-order valence-electron chi connectivity index (χ0n) is 9.86. The maximum atomic E-state index is 4.28. The van der Waals surface area contributed by atoms with Gasteiger partial charge in [0.15, 0.2) is 0 Å². The molecule has 0 N–H and O–H groups in total. The largest absolute Gasteiger partial charge is 0.249 e. The van der Waals surface area contributed by atoms with E-state index >= 15 is 0 Å². The molecule has 2 heteroatoms. The summed E-state index contributed by atoms with van der Waals surface area (Å²) in [7, 11) is 0. The van der Waals surface area contributed by atoms with Crippen LogP contribution in [0.25, 0.3) is 10.4 Å². The summed E-state index contributed by atoms with van der Waals surface area (Å²) in [5, 5.41) is 0. The number of unbranched alkanes of at least 4 members (excludes halogenated alkanes) is 1. The first kappa shape index (κ1) is 11.3. The van der Waals surface area contributed by atoms with Gasteiger partial charge in [0.25, 0.3) is 0 Å². The van der Waals surface area contributed by atoms with Gasteiger partial charge >= 0.3 is 0 Å². The molecule has 0 aliphatic carbocycles. The first-order valence-corrected chi connectivity index (χ1v) is 6.68. The van der Waals surface area contributed by atoms with Crippen molar-refractivity contribution in [1.82, 2.24) is 4.98 Å². The number of rotatable bonds is 4. The van der Waals surface area contributed by atoms with Gasteiger partial charge in [-0.2, -0.15) is 0 Å². The van der Waals surface area contributed by atoms with Gasteiger partial charge in [-0.05, 0) is 30.9 Å². The Morgan fingerprint density at radius 3 is 2.50 bits per heavy atom. The highest BCUT2D eigenvalue weighted by atomic mass is 32.1. The quantitative estimate of drug-likeness (QED) is 0.757. The summed E-state index contributed by atoms with van der Waals surface area (Å²) >= 11 is 1.72. The average Bonchev–Trinajstić information content (AvgIpc) is 2.74. The highest BCUT2D eigenvalue weighted by Crippen LogP contribution is 2.27. The summed E-state index contributed by atoms with van der Waals surface area (Å²) in [5.41, 5.74) is 5.77. The summed E-state index contributed by atoms with van der Waals surface area (Å²) in [4.78, 5) is 5.58. The molecule has 2 aromatic rings. The third kappa shape index (κ3) is 2.50. The lowest BCUT2D eigenvalue weighted by Crippen LogP contribution is -1.85. The van der Waals surface area contributed by atoms with Crippen molar-refractivity contribution in [2.24, 2.45) is 0 Å². The maximum absolute atomic E-state index is 4.28. The second kappa shape index (κ2) is 5.26. The van der Waals surface area contributed by atoms with Gasteiger partial charge in [-0.25, -0.2) is 4.98 Å². The van der Waals surface area contributed by atoms with Crippen LogP contribution < -0.4 is 0 Å². The monoisotopic (exact) mass is 231 g/mol. The highest BCUT2D eigenvalue weighted by molar-refractivity contribution is 7.13. The summed E-state index contributed by atoms with van der Waals surface area (Å²) in [5.74, 6) is 0. The Kier molecular flexibility index (Phi) is 3.73. The molecule has 0 aliphatic rings. The molecule has 0 radical (unpaired) electrons. The van der Waals surface area contributed by atoms with Crippen molar-refractivity contribution in [2.75, 3.05) is 0 Å².